The predicted molar refractivity (Wildman–Crippen MR) is 354 cm³/mol. The molecule has 3 aliphatic carbocycles. The number of hydrogen-bond acceptors (Lipinski definition) is 23. The normalized spacial score (nSPS) is 31.9. The molecule has 8 bridgehead atoms. The maximum Gasteiger partial charge on any atom is 0.242 e. The van der Waals surface area contributed by atoms with Crippen LogP contribution in [0.5, 0.6) is 11.5 Å². The molecule has 3 saturated heterocycles. The Morgan fingerprint density at radius 3 is 2.46 bits per heavy atom. The molecule has 24 nitrogen and oxygen atoms in total. The van der Waals surface area contributed by atoms with E-state index in [0.717, 1.165) is 47.9 Å². The van der Waals surface area contributed by atoms with Crippen LogP contribution in [-0.4, -0.2) is 180 Å². The van der Waals surface area contributed by atoms with Crippen molar-refractivity contribution < 1.29 is 73.5 Å². The molecule has 1 spiro atoms. The number of carbonyl (C=O) groups excluding carboxylic acids is 4. The lowest BCUT2D eigenvalue weighted by molar-refractivity contribution is -0.336. The highest BCUT2D eigenvalue weighted by molar-refractivity contribution is 6.29. The molecule has 2 saturated carbocycles. The summed E-state index contributed by atoms with van der Waals surface area (Å²) in [7, 11) is 1.86. The van der Waals surface area contributed by atoms with Gasteiger partial charge in [0, 0.05) is 77.4 Å². The van der Waals surface area contributed by atoms with Crippen molar-refractivity contribution in [3.8, 4) is 23.3 Å². The number of benzene rings is 4. The van der Waals surface area contributed by atoms with E-state index in [0.29, 0.717) is 79.8 Å². The summed E-state index contributed by atoms with van der Waals surface area (Å²) >= 11 is 0. The van der Waals surface area contributed by atoms with Gasteiger partial charge < -0.3 is 91.0 Å². The Bertz CT molecular complexity index is 3820. The van der Waals surface area contributed by atoms with Crippen molar-refractivity contribution in [3.63, 3.8) is 0 Å². The molecule has 1 amide bonds. The summed E-state index contributed by atoms with van der Waals surface area (Å²) in [6.45, 7) is -0.197. The number of fused-ring (bicyclic) bond motifs is 12. The largest absolute Gasteiger partial charge is 0.486 e. The fourth-order valence-corrected chi connectivity index (χ4v) is 17.0. The number of ketones is 2. The summed E-state index contributed by atoms with van der Waals surface area (Å²) in [6, 6.07) is 19.3. The number of amides is 1. The Balaban J connectivity index is 1.03. The number of para-hydroxylation sites is 1. The second kappa shape index (κ2) is 27.9. The van der Waals surface area contributed by atoms with Crippen LogP contribution < -0.4 is 57.7 Å². The predicted octanol–water partition coefficient (Wildman–Crippen LogP) is 1.48. The minimum Gasteiger partial charge on any atom is -0.486 e. The van der Waals surface area contributed by atoms with Crippen molar-refractivity contribution in [2.75, 3.05) is 51.5 Å². The highest BCUT2D eigenvalue weighted by atomic mass is 16.7. The summed E-state index contributed by atoms with van der Waals surface area (Å²) < 4.78 is 36.6. The Morgan fingerprint density at radius 1 is 0.887 bits per heavy atom. The van der Waals surface area contributed by atoms with Crippen LogP contribution in [0, 0.1) is 29.6 Å². The molecule has 7 heterocycles. The van der Waals surface area contributed by atoms with E-state index in [-0.39, 0.29) is 103 Å². The SMILES string of the molecule is CNCc1cc2cc(c1)CC1C#CC3(O)C(O)C(OCC(C4=CCNC(N)=C4CNC4CCCC4)C(O)C2)C2Oc4c(cc5c(c4OCC(O)CC=O)C(=O)c4cc(CO)ccc4C5=O)C(c4ccccc4N4CNC5C(=O)NC(N)NC54)C(CCC1O)COC1(CCCC1)C3O2. The fraction of sp³-hybridized carbons (Fsp3) is 0.534. The molecule has 0 aromatic heterocycles. The highest BCUT2D eigenvalue weighted by Gasteiger charge is 2.65. The monoisotopic (exact) mass is 1330 g/mol. The summed E-state index contributed by atoms with van der Waals surface area (Å²) in [5.41, 5.74) is 14.8. The molecule has 15 atom stereocenters. The maximum atomic E-state index is 15.8. The van der Waals surface area contributed by atoms with Crippen molar-refractivity contribution in [2.45, 2.75) is 181 Å². The Morgan fingerprint density at radius 2 is 1.68 bits per heavy atom. The van der Waals surface area contributed by atoms with E-state index in [1.807, 2.05) is 54.4 Å². The lowest BCUT2D eigenvalue weighted by atomic mass is 9.73. The molecule has 97 heavy (non-hydrogen) atoms. The number of nitrogens with zero attached hydrogens (tertiary/aromatic N) is 1. The van der Waals surface area contributed by atoms with Gasteiger partial charge in [-0.2, -0.15) is 0 Å². The Kier molecular flexibility index (Phi) is 19.3. The lowest BCUT2D eigenvalue weighted by Gasteiger charge is -2.53. The first kappa shape index (κ1) is 67.0. The van der Waals surface area contributed by atoms with Crippen LogP contribution in [0.3, 0.4) is 0 Å². The van der Waals surface area contributed by atoms with Crippen LogP contribution >= 0.6 is 0 Å². The number of rotatable bonds is 14. The van der Waals surface area contributed by atoms with Crippen LogP contribution in [0.25, 0.3) is 0 Å². The molecule has 0 radical (unpaired) electrons. The van der Waals surface area contributed by atoms with Crippen LogP contribution in [0.2, 0.25) is 0 Å². The van der Waals surface area contributed by atoms with Crippen molar-refractivity contribution >= 4 is 29.4 Å². The minimum absolute atomic E-state index is 0.0414. The van der Waals surface area contributed by atoms with Gasteiger partial charge in [0.15, 0.2) is 28.7 Å². The van der Waals surface area contributed by atoms with Gasteiger partial charge in [-0.3, -0.25) is 30.8 Å². The van der Waals surface area contributed by atoms with Gasteiger partial charge in [-0.25, -0.2) is 0 Å². The standard InChI is InChI=1S/C73H89N9O15/c1-76-31-41-25-39-24-40(26-41)29-56(87)53(46-17-22-77-66(74)52(46)32-78-44-8-2-3-9-44)36-94-64-65(90)73(92)21-16-42(27-39)55(86)15-13-43-34-95-72(19-6-7-20-72)70(73)97-69(64)96-62-51(57(43)48-10-4-5-11-54(48)82-37-79-59-67(82)80-71(75)81-68(59)91)30-50-58(63(62)93-35-45(85)18-23-83)61(89)49-28-38(33-84)12-14-47(49)60(50)88/h4-5,10-12,14,17,23-26,28,30,42-45,53,55-57,59,64-65,67,69-71,76-80,84-87,90,92H,2-3,6-9,13,15,18-20,22,27,29,31-37,74-75H2,1H3,(H,81,91). The smallest absolute Gasteiger partial charge is 0.242 e. The molecule has 15 unspecified atom stereocenters. The van der Waals surface area contributed by atoms with Gasteiger partial charge >= 0.3 is 0 Å². The summed E-state index contributed by atoms with van der Waals surface area (Å²) in [4.78, 5) is 59.3. The van der Waals surface area contributed by atoms with Gasteiger partial charge in [0.25, 0.3) is 0 Å². The van der Waals surface area contributed by atoms with Gasteiger partial charge in [0.05, 0.1) is 61.9 Å². The topological polar surface area (TPSA) is 363 Å². The zero-order valence-corrected chi connectivity index (χ0v) is 54.5. The number of aliphatic hydroxyl groups excluding tert-OH is 5. The number of aliphatic hydroxyl groups is 6. The molecule has 7 aliphatic heterocycles. The van der Waals surface area contributed by atoms with Gasteiger partial charge in [0.1, 0.15) is 55.5 Å². The summed E-state index contributed by atoms with van der Waals surface area (Å²) in [5.74, 6) is 1.28. The molecular formula is C73H89N9O15. The molecule has 4 aromatic carbocycles. The van der Waals surface area contributed by atoms with E-state index in [4.69, 9.17) is 35.2 Å². The minimum atomic E-state index is -2.56. The second-order valence-corrected chi connectivity index (χ2v) is 28.1. The molecular weight excluding hydrogens is 1240 g/mol. The average molecular weight is 1330 g/mol. The zero-order valence-electron chi connectivity index (χ0n) is 54.5. The Hall–Kier alpha value is -7.16. The van der Waals surface area contributed by atoms with Crippen LogP contribution in [-0.2, 0) is 49.8 Å². The fourth-order valence-electron chi connectivity index (χ4n) is 17.0. The zero-order chi connectivity index (χ0) is 67.4. The van der Waals surface area contributed by atoms with Crippen LogP contribution in [0.15, 0.2) is 89.8 Å². The van der Waals surface area contributed by atoms with Crippen LogP contribution in [0.4, 0.5) is 5.69 Å². The van der Waals surface area contributed by atoms with E-state index in [1.165, 1.54) is 12.1 Å². The molecule has 16 N–H and O–H groups in total. The molecule has 10 aliphatic rings. The summed E-state index contributed by atoms with van der Waals surface area (Å²) in [6.07, 6.45) is -3.84. The number of ether oxygens (including phenoxy) is 5. The number of dihydropyridines is 1. The Labute approximate surface area is 563 Å². The third-order valence-corrected chi connectivity index (χ3v) is 21.9. The first-order valence-electron chi connectivity index (χ1n) is 34.5. The van der Waals surface area contributed by atoms with Gasteiger partial charge in [-0.05, 0) is 122 Å². The first-order valence-corrected chi connectivity index (χ1v) is 34.5. The number of nitrogens with one attached hydrogen (secondary N) is 6. The second-order valence-electron chi connectivity index (χ2n) is 28.1. The van der Waals surface area contributed by atoms with E-state index in [2.05, 4.69) is 49.8 Å². The van der Waals surface area contributed by atoms with E-state index in [1.54, 1.807) is 12.1 Å². The summed E-state index contributed by atoms with van der Waals surface area (Å²) in [5, 5.41) is 96.0. The lowest BCUT2D eigenvalue weighted by Crippen LogP contribution is -2.72. The number of nitrogens with two attached hydrogens (primary N) is 2. The third-order valence-electron chi connectivity index (χ3n) is 21.9. The average Bonchev–Trinajstić information content (AvgIpc) is 1.48. The molecule has 4 aromatic rings. The number of anilines is 1. The highest BCUT2D eigenvalue weighted by Crippen LogP contribution is 2.55. The number of aldehydes is 1. The van der Waals surface area contributed by atoms with Crippen LogP contribution in [0.1, 0.15) is 142 Å². The first-order chi connectivity index (χ1) is 47.0. The van der Waals surface area contributed by atoms with Crippen molar-refractivity contribution in [1.29, 1.82) is 0 Å². The third kappa shape index (κ3) is 12.7. The maximum absolute atomic E-state index is 15.8. The quantitative estimate of drug-likeness (QED) is 0.0553. The number of hydrogen-bond donors (Lipinski definition) is 14. The molecule has 5 fully saturated rings. The van der Waals surface area contributed by atoms with E-state index < -0.39 is 121 Å². The molecule has 24 heteroatoms. The van der Waals surface area contributed by atoms with Crippen molar-refractivity contribution in [3.05, 3.63) is 145 Å². The molecule has 516 valence electrons. The van der Waals surface area contributed by atoms with Crippen molar-refractivity contribution in [2.24, 2.45) is 29.2 Å². The van der Waals surface area contributed by atoms with E-state index >= 15 is 9.59 Å². The van der Waals surface area contributed by atoms with Gasteiger partial charge in [0.2, 0.25) is 12.2 Å². The van der Waals surface area contributed by atoms with Gasteiger partial charge in [-0.15, -0.1) is 0 Å². The van der Waals surface area contributed by atoms with Gasteiger partial charge in [-0.1, -0.05) is 86.1 Å². The van der Waals surface area contributed by atoms with Crippen molar-refractivity contribution in [1.82, 2.24) is 31.9 Å². The molecule has 14 rings (SSSR count). The number of carbonyl (C=O) groups is 4. The van der Waals surface area contributed by atoms with E-state index in [9.17, 15) is 40.2 Å².